The summed E-state index contributed by atoms with van der Waals surface area (Å²) in [5.74, 6) is -0.141. The van der Waals surface area contributed by atoms with Gasteiger partial charge in [-0.25, -0.2) is 4.98 Å². The zero-order valence-electron chi connectivity index (χ0n) is 16.7. The molecule has 0 saturated heterocycles. The quantitative estimate of drug-likeness (QED) is 0.496. The standard InChI is InChI=1S/C25H18N4O2/c1-29-15-14-27-24(29)23(30)17-10-12-19(13-11-17)28-25(31)22-9-5-4-8-21(22)20-7-3-2-6-18(20)16-26/h2-15H,1H3,(H,28,31). The topological polar surface area (TPSA) is 87.8 Å². The third-order valence-electron chi connectivity index (χ3n) is 4.94. The van der Waals surface area contributed by atoms with E-state index >= 15 is 0 Å². The third-order valence-corrected chi connectivity index (χ3v) is 4.94. The van der Waals surface area contributed by atoms with Gasteiger partial charge in [0.15, 0.2) is 5.82 Å². The number of anilines is 1. The number of amides is 1. The molecule has 4 rings (SSSR count). The molecule has 0 fully saturated rings. The number of imidazole rings is 1. The number of nitriles is 1. The first-order valence-electron chi connectivity index (χ1n) is 9.60. The monoisotopic (exact) mass is 406 g/mol. The lowest BCUT2D eigenvalue weighted by Crippen LogP contribution is -2.14. The van der Waals surface area contributed by atoms with Crippen LogP contribution in [-0.2, 0) is 7.05 Å². The van der Waals surface area contributed by atoms with Gasteiger partial charge in [0.1, 0.15) is 0 Å². The van der Waals surface area contributed by atoms with Crippen LogP contribution < -0.4 is 5.32 Å². The number of rotatable bonds is 5. The molecule has 0 saturated carbocycles. The van der Waals surface area contributed by atoms with Crippen molar-refractivity contribution in [2.75, 3.05) is 5.32 Å². The fourth-order valence-electron chi connectivity index (χ4n) is 3.35. The Morgan fingerprint density at radius 1 is 0.935 bits per heavy atom. The van der Waals surface area contributed by atoms with Gasteiger partial charge in [-0.1, -0.05) is 36.4 Å². The van der Waals surface area contributed by atoms with Crippen molar-refractivity contribution in [2.24, 2.45) is 7.05 Å². The fourth-order valence-corrected chi connectivity index (χ4v) is 3.35. The molecule has 6 heteroatoms. The van der Waals surface area contributed by atoms with Gasteiger partial charge in [0.25, 0.3) is 5.91 Å². The van der Waals surface area contributed by atoms with Gasteiger partial charge >= 0.3 is 0 Å². The van der Waals surface area contributed by atoms with E-state index < -0.39 is 0 Å². The highest BCUT2D eigenvalue weighted by Gasteiger charge is 2.16. The summed E-state index contributed by atoms with van der Waals surface area (Å²) in [5, 5.41) is 12.3. The summed E-state index contributed by atoms with van der Waals surface area (Å²) in [7, 11) is 1.76. The Balaban J connectivity index is 1.58. The van der Waals surface area contributed by atoms with E-state index in [9.17, 15) is 14.9 Å². The lowest BCUT2D eigenvalue weighted by atomic mass is 9.95. The Bertz CT molecular complexity index is 1310. The van der Waals surface area contributed by atoms with Crippen molar-refractivity contribution in [3.8, 4) is 17.2 Å². The highest BCUT2D eigenvalue weighted by atomic mass is 16.1. The maximum atomic E-state index is 13.0. The first kappa shape index (κ1) is 19.8. The number of carbonyl (C=O) groups is 2. The third kappa shape index (κ3) is 3.98. The van der Waals surface area contributed by atoms with Crippen LogP contribution in [-0.4, -0.2) is 21.2 Å². The lowest BCUT2D eigenvalue weighted by Gasteiger charge is -2.12. The van der Waals surface area contributed by atoms with Crippen LogP contribution in [0.15, 0.2) is 85.2 Å². The van der Waals surface area contributed by atoms with Crippen LogP contribution in [0.1, 0.15) is 32.1 Å². The second-order valence-electron chi connectivity index (χ2n) is 6.93. The molecule has 0 aliphatic heterocycles. The molecule has 0 aliphatic rings. The molecule has 3 aromatic carbocycles. The second-order valence-corrected chi connectivity index (χ2v) is 6.93. The van der Waals surface area contributed by atoms with E-state index in [1.807, 2.05) is 24.3 Å². The normalized spacial score (nSPS) is 10.3. The molecule has 0 aliphatic carbocycles. The summed E-state index contributed by atoms with van der Waals surface area (Å²) in [6, 6.07) is 23.2. The first-order valence-corrected chi connectivity index (χ1v) is 9.60. The molecule has 1 heterocycles. The summed E-state index contributed by atoms with van der Waals surface area (Å²) in [6.45, 7) is 0. The van der Waals surface area contributed by atoms with Gasteiger partial charge in [0, 0.05) is 41.8 Å². The minimum Gasteiger partial charge on any atom is -0.331 e. The van der Waals surface area contributed by atoms with Crippen LogP contribution in [0.3, 0.4) is 0 Å². The summed E-state index contributed by atoms with van der Waals surface area (Å²) >= 11 is 0. The van der Waals surface area contributed by atoms with E-state index in [1.165, 1.54) is 0 Å². The van der Waals surface area contributed by atoms with Gasteiger partial charge in [-0.15, -0.1) is 0 Å². The van der Waals surface area contributed by atoms with E-state index in [4.69, 9.17) is 0 Å². The van der Waals surface area contributed by atoms with Gasteiger partial charge in [-0.3, -0.25) is 9.59 Å². The van der Waals surface area contributed by atoms with Crippen molar-refractivity contribution in [3.05, 3.63) is 108 Å². The number of nitrogens with one attached hydrogen (secondary N) is 1. The number of aryl methyl sites for hydroxylation is 1. The minimum absolute atomic E-state index is 0.191. The SMILES string of the molecule is Cn1ccnc1C(=O)c1ccc(NC(=O)c2ccccc2-c2ccccc2C#N)cc1. The first-order chi connectivity index (χ1) is 15.1. The van der Waals surface area contributed by atoms with Crippen molar-refractivity contribution in [1.29, 1.82) is 5.26 Å². The zero-order valence-corrected chi connectivity index (χ0v) is 16.7. The molecule has 1 amide bonds. The average Bonchev–Trinajstić information content (AvgIpc) is 3.24. The Labute approximate surface area is 179 Å². The highest BCUT2D eigenvalue weighted by Crippen LogP contribution is 2.27. The maximum Gasteiger partial charge on any atom is 0.256 e. The van der Waals surface area contributed by atoms with Crippen LogP contribution in [0.5, 0.6) is 0 Å². The largest absolute Gasteiger partial charge is 0.331 e. The molecule has 6 nitrogen and oxygen atoms in total. The van der Waals surface area contributed by atoms with Crippen molar-refractivity contribution < 1.29 is 9.59 Å². The van der Waals surface area contributed by atoms with Crippen molar-refractivity contribution in [3.63, 3.8) is 0 Å². The number of carbonyl (C=O) groups excluding carboxylic acids is 2. The fraction of sp³-hybridized carbons (Fsp3) is 0.0400. The number of aromatic nitrogens is 2. The van der Waals surface area contributed by atoms with E-state index in [-0.39, 0.29) is 11.7 Å². The van der Waals surface area contributed by atoms with Gasteiger partial charge in [-0.2, -0.15) is 5.26 Å². The molecule has 0 spiro atoms. The molecule has 1 N–H and O–H groups in total. The van der Waals surface area contributed by atoms with Crippen LogP contribution >= 0.6 is 0 Å². The van der Waals surface area contributed by atoms with E-state index in [1.54, 1.807) is 72.5 Å². The number of hydrogen-bond donors (Lipinski definition) is 1. The van der Waals surface area contributed by atoms with Gasteiger partial charge < -0.3 is 9.88 Å². The zero-order chi connectivity index (χ0) is 21.8. The number of benzene rings is 3. The Kier molecular flexibility index (Phi) is 5.41. The maximum absolute atomic E-state index is 13.0. The molecular formula is C25H18N4O2. The number of hydrogen-bond acceptors (Lipinski definition) is 4. The molecule has 1 aromatic heterocycles. The summed E-state index contributed by atoms with van der Waals surface area (Å²) < 4.78 is 1.66. The number of ketones is 1. The van der Waals surface area contributed by atoms with E-state index in [0.717, 1.165) is 0 Å². The predicted octanol–water partition coefficient (Wildman–Crippen LogP) is 4.44. The molecule has 150 valence electrons. The molecule has 31 heavy (non-hydrogen) atoms. The second kappa shape index (κ2) is 8.47. The Hall–Kier alpha value is -4.50. The summed E-state index contributed by atoms with van der Waals surface area (Å²) in [4.78, 5) is 29.6. The molecule has 0 unspecified atom stereocenters. The van der Waals surface area contributed by atoms with Gasteiger partial charge in [0.2, 0.25) is 5.78 Å². The van der Waals surface area contributed by atoms with Crippen molar-refractivity contribution >= 4 is 17.4 Å². The van der Waals surface area contributed by atoms with Gasteiger partial charge in [0.05, 0.1) is 11.6 Å². The van der Waals surface area contributed by atoms with Crippen LogP contribution in [0.2, 0.25) is 0 Å². The molecular weight excluding hydrogens is 388 g/mol. The lowest BCUT2D eigenvalue weighted by molar-refractivity contribution is 0.102. The highest BCUT2D eigenvalue weighted by molar-refractivity contribution is 6.10. The minimum atomic E-state index is -0.300. The van der Waals surface area contributed by atoms with Crippen LogP contribution in [0, 0.1) is 11.3 Å². The Morgan fingerprint density at radius 3 is 2.29 bits per heavy atom. The predicted molar refractivity (Wildman–Crippen MR) is 118 cm³/mol. The molecule has 0 radical (unpaired) electrons. The molecule has 0 bridgehead atoms. The van der Waals surface area contributed by atoms with E-state index in [0.29, 0.717) is 39.3 Å². The smallest absolute Gasteiger partial charge is 0.256 e. The molecule has 4 aromatic rings. The van der Waals surface area contributed by atoms with Crippen molar-refractivity contribution in [2.45, 2.75) is 0 Å². The van der Waals surface area contributed by atoms with E-state index in [2.05, 4.69) is 16.4 Å². The summed E-state index contributed by atoms with van der Waals surface area (Å²) in [5.41, 5.74) is 3.38. The van der Waals surface area contributed by atoms with Crippen LogP contribution in [0.4, 0.5) is 5.69 Å². The average molecular weight is 406 g/mol. The van der Waals surface area contributed by atoms with Gasteiger partial charge in [-0.05, 0) is 42.0 Å². The summed E-state index contributed by atoms with van der Waals surface area (Å²) in [6.07, 6.45) is 3.29. The van der Waals surface area contributed by atoms with Crippen molar-refractivity contribution in [1.82, 2.24) is 9.55 Å². The Morgan fingerprint density at radius 2 is 1.61 bits per heavy atom. The van der Waals surface area contributed by atoms with Crippen LogP contribution in [0.25, 0.3) is 11.1 Å². The number of nitrogens with zero attached hydrogens (tertiary/aromatic N) is 3. The molecule has 0 atom stereocenters.